The molecule has 0 aliphatic carbocycles. The number of nitrogens with zero attached hydrogens (tertiary/aromatic N) is 2. The quantitative estimate of drug-likeness (QED) is 0.912. The number of halogens is 3. The van der Waals surface area contributed by atoms with Crippen LogP contribution in [0.1, 0.15) is 21.6 Å². The summed E-state index contributed by atoms with van der Waals surface area (Å²) in [5.74, 6) is -0.666. The summed E-state index contributed by atoms with van der Waals surface area (Å²) in [6.45, 7) is -0.0148. The fourth-order valence-electron chi connectivity index (χ4n) is 1.84. The zero-order valence-electron chi connectivity index (χ0n) is 11.1. The maximum atomic E-state index is 13.0. The number of nitrogens with one attached hydrogen (secondary N) is 1. The van der Waals surface area contributed by atoms with Crippen LogP contribution in [0, 0.1) is 0 Å². The van der Waals surface area contributed by atoms with Crippen LogP contribution >= 0.6 is 0 Å². The van der Waals surface area contributed by atoms with Gasteiger partial charge in [-0.1, -0.05) is 6.07 Å². The van der Waals surface area contributed by atoms with Crippen molar-refractivity contribution >= 4 is 11.6 Å². The van der Waals surface area contributed by atoms with Gasteiger partial charge >= 0.3 is 6.18 Å². The Kier molecular flexibility index (Phi) is 3.99. The normalized spacial score (nSPS) is 11.5. The molecule has 1 aromatic carbocycles. The first-order valence-corrected chi connectivity index (χ1v) is 6.02. The van der Waals surface area contributed by atoms with Gasteiger partial charge in [0.2, 0.25) is 0 Å². The van der Waals surface area contributed by atoms with E-state index in [0.29, 0.717) is 5.56 Å². The summed E-state index contributed by atoms with van der Waals surface area (Å²) in [6, 6.07) is 4.98. The largest absolute Gasteiger partial charge is 0.418 e. The van der Waals surface area contributed by atoms with E-state index in [4.69, 9.17) is 5.73 Å². The van der Waals surface area contributed by atoms with E-state index in [9.17, 15) is 18.0 Å². The lowest BCUT2D eigenvalue weighted by molar-refractivity contribution is -0.137. The van der Waals surface area contributed by atoms with Gasteiger partial charge in [0.25, 0.3) is 5.91 Å². The summed E-state index contributed by atoms with van der Waals surface area (Å²) in [6.07, 6.45) is -3.20. The van der Waals surface area contributed by atoms with E-state index in [1.54, 1.807) is 0 Å². The van der Waals surface area contributed by atoms with Crippen molar-refractivity contribution in [1.29, 1.82) is 0 Å². The number of nitrogens with two attached hydrogens (primary N) is 1. The van der Waals surface area contributed by atoms with Crippen molar-refractivity contribution in [3.05, 3.63) is 47.3 Å². The van der Waals surface area contributed by atoms with Crippen molar-refractivity contribution < 1.29 is 18.0 Å². The molecule has 21 heavy (non-hydrogen) atoms. The predicted molar refractivity (Wildman–Crippen MR) is 70.5 cm³/mol. The molecule has 0 spiro atoms. The molecule has 0 fully saturated rings. The Balaban J connectivity index is 2.36. The van der Waals surface area contributed by atoms with Gasteiger partial charge in [-0.05, 0) is 23.8 Å². The Hall–Kier alpha value is -2.35. The fourth-order valence-corrected chi connectivity index (χ4v) is 1.84. The second-order valence-electron chi connectivity index (χ2n) is 4.38. The smallest absolute Gasteiger partial charge is 0.326 e. The average molecular weight is 298 g/mol. The molecule has 0 radical (unpaired) electrons. The summed E-state index contributed by atoms with van der Waals surface area (Å²) in [5.41, 5.74) is 4.59. The number of hydrogen-bond acceptors (Lipinski definition) is 3. The van der Waals surface area contributed by atoms with Crippen LogP contribution in [0.4, 0.5) is 18.9 Å². The van der Waals surface area contributed by atoms with E-state index < -0.39 is 17.6 Å². The van der Waals surface area contributed by atoms with Crippen molar-refractivity contribution in [2.75, 3.05) is 5.32 Å². The molecule has 0 aliphatic heterocycles. The van der Waals surface area contributed by atoms with Crippen molar-refractivity contribution in [3.8, 4) is 0 Å². The number of benzene rings is 1. The molecular weight excluding hydrogens is 285 g/mol. The molecule has 0 atom stereocenters. The molecule has 1 heterocycles. The first-order chi connectivity index (χ1) is 9.82. The van der Waals surface area contributed by atoms with Gasteiger partial charge < -0.3 is 11.1 Å². The minimum atomic E-state index is -4.58. The van der Waals surface area contributed by atoms with E-state index in [-0.39, 0.29) is 17.9 Å². The molecule has 3 N–H and O–H groups in total. The van der Waals surface area contributed by atoms with Gasteiger partial charge in [-0.25, -0.2) is 0 Å². The lowest BCUT2D eigenvalue weighted by Gasteiger charge is -2.15. The van der Waals surface area contributed by atoms with Gasteiger partial charge in [0.15, 0.2) is 0 Å². The molecule has 1 aromatic heterocycles. The Labute approximate surface area is 118 Å². The summed E-state index contributed by atoms with van der Waals surface area (Å²) in [4.78, 5) is 12.0. The molecule has 2 aromatic rings. The second-order valence-corrected chi connectivity index (χ2v) is 4.38. The van der Waals surface area contributed by atoms with Crippen molar-refractivity contribution in [1.82, 2.24) is 9.78 Å². The Bertz CT molecular complexity index is 664. The molecule has 0 bridgehead atoms. The molecule has 0 saturated heterocycles. The number of hydrogen-bond donors (Lipinski definition) is 2. The monoisotopic (exact) mass is 298 g/mol. The summed E-state index contributed by atoms with van der Waals surface area (Å²) < 4.78 is 40.4. The maximum Gasteiger partial charge on any atom is 0.418 e. The van der Waals surface area contributed by atoms with Crippen molar-refractivity contribution in [3.63, 3.8) is 0 Å². The van der Waals surface area contributed by atoms with Crippen molar-refractivity contribution in [2.45, 2.75) is 12.7 Å². The van der Waals surface area contributed by atoms with Gasteiger partial charge in [-0.2, -0.15) is 18.3 Å². The summed E-state index contributed by atoms with van der Waals surface area (Å²) in [5, 5.41) is 6.05. The highest BCUT2D eigenvalue weighted by molar-refractivity contribution is 6.03. The standard InChI is InChI=1S/C13H13F3N4O/c1-20-11(4-5-18-20)12(21)19-10-3-2-8(7-17)6-9(10)13(14,15)16/h2-6H,7,17H2,1H3,(H,19,21). The third-order valence-corrected chi connectivity index (χ3v) is 2.93. The molecule has 1 amide bonds. The number of carbonyl (C=O) groups excluding carboxylic acids is 1. The summed E-state index contributed by atoms with van der Waals surface area (Å²) >= 11 is 0. The van der Waals surface area contributed by atoms with Gasteiger partial charge in [0, 0.05) is 19.8 Å². The number of aryl methyl sites for hydroxylation is 1. The minimum Gasteiger partial charge on any atom is -0.326 e. The molecule has 0 unspecified atom stereocenters. The lowest BCUT2D eigenvalue weighted by Crippen LogP contribution is -2.19. The van der Waals surface area contributed by atoms with Crippen LogP contribution in [0.15, 0.2) is 30.5 Å². The number of amides is 1. The topological polar surface area (TPSA) is 72.9 Å². The molecule has 2 rings (SSSR count). The van der Waals surface area contributed by atoms with E-state index in [0.717, 1.165) is 6.07 Å². The van der Waals surface area contributed by atoms with Crippen LogP contribution in [0.3, 0.4) is 0 Å². The maximum absolute atomic E-state index is 13.0. The van der Waals surface area contributed by atoms with E-state index in [1.165, 1.54) is 36.1 Å². The van der Waals surface area contributed by atoms with E-state index in [1.807, 2.05) is 0 Å². The van der Waals surface area contributed by atoms with Crippen LogP contribution in [0.5, 0.6) is 0 Å². The third kappa shape index (κ3) is 3.22. The highest BCUT2D eigenvalue weighted by atomic mass is 19.4. The van der Waals surface area contributed by atoms with E-state index >= 15 is 0 Å². The zero-order valence-corrected chi connectivity index (χ0v) is 11.1. The lowest BCUT2D eigenvalue weighted by atomic mass is 10.1. The Morgan fingerprint density at radius 1 is 1.38 bits per heavy atom. The SMILES string of the molecule is Cn1nccc1C(=O)Nc1ccc(CN)cc1C(F)(F)F. The van der Waals surface area contributed by atoms with Gasteiger partial charge in [0.05, 0.1) is 11.3 Å². The van der Waals surface area contributed by atoms with E-state index in [2.05, 4.69) is 10.4 Å². The van der Waals surface area contributed by atoms with Crippen LogP contribution in [-0.4, -0.2) is 15.7 Å². The summed E-state index contributed by atoms with van der Waals surface area (Å²) in [7, 11) is 1.52. The number of carbonyl (C=O) groups is 1. The first kappa shape index (κ1) is 15.0. The molecule has 0 saturated carbocycles. The Morgan fingerprint density at radius 3 is 2.62 bits per heavy atom. The Morgan fingerprint density at radius 2 is 2.10 bits per heavy atom. The van der Waals surface area contributed by atoms with Gasteiger partial charge in [0.1, 0.15) is 5.69 Å². The van der Waals surface area contributed by atoms with Crippen molar-refractivity contribution in [2.24, 2.45) is 12.8 Å². The highest BCUT2D eigenvalue weighted by Crippen LogP contribution is 2.35. The molecule has 112 valence electrons. The number of rotatable bonds is 3. The third-order valence-electron chi connectivity index (χ3n) is 2.93. The zero-order chi connectivity index (χ0) is 15.6. The highest BCUT2D eigenvalue weighted by Gasteiger charge is 2.34. The van der Waals surface area contributed by atoms with Crippen LogP contribution < -0.4 is 11.1 Å². The van der Waals surface area contributed by atoms with Crippen LogP contribution in [-0.2, 0) is 19.8 Å². The minimum absolute atomic E-state index is 0.0148. The molecule has 0 aliphatic rings. The van der Waals surface area contributed by atoms with Gasteiger partial charge in [-0.3, -0.25) is 9.48 Å². The average Bonchev–Trinajstić information content (AvgIpc) is 2.84. The van der Waals surface area contributed by atoms with Gasteiger partial charge in [-0.15, -0.1) is 0 Å². The fraction of sp³-hybridized carbons (Fsp3) is 0.231. The molecular formula is C13H13F3N4O. The molecule has 8 heteroatoms. The molecule has 5 nitrogen and oxygen atoms in total. The number of alkyl halides is 3. The van der Waals surface area contributed by atoms with Crippen LogP contribution in [0.25, 0.3) is 0 Å². The second kappa shape index (κ2) is 5.57. The number of anilines is 1. The first-order valence-electron chi connectivity index (χ1n) is 6.02. The number of aromatic nitrogens is 2. The van der Waals surface area contributed by atoms with Crippen LogP contribution in [0.2, 0.25) is 0 Å². The predicted octanol–water partition coefficient (Wildman–Crippen LogP) is 2.15.